The van der Waals surface area contributed by atoms with Crippen LogP contribution < -0.4 is 0 Å². The van der Waals surface area contributed by atoms with Gasteiger partial charge in [-0.1, -0.05) is 32.4 Å². The first-order valence-corrected chi connectivity index (χ1v) is 7.76. The molecular weight excluding hydrogens is 264 g/mol. The number of phenols is 1. The van der Waals surface area contributed by atoms with E-state index in [1.54, 1.807) is 18.2 Å². The summed E-state index contributed by atoms with van der Waals surface area (Å²) in [7, 11) is 0. The van der Waals surface area contributed by atoms with E-state index >= 15 is 0 Å². The maximum atomic E-state index is 12.4. The third-order valence-corrected chi connectivity index (χ3v) is 6.34. The Morgan fingerprint density at radius 2 is 2.05 bits per heavy atom. The Labute approximate surface area is 126 Å². The fourth-order valence-electron chi connectivity index (χ4n) is 4.31. The SMILES string of the molecule is Cc1ccc(O)c(C(=O)OC2CC3CCC2(C)C3(C)C)c1. The molecule has 0 amide bonds. The maximum absolute atomic E-state index is 12.4. The molecule has 2 bridgehead atoms. The van der Waals surface area contributed by atoms with Gasteiger partial charge in [0.2, 0.25) is 0 Å². The van der Waals surface area contributed by atoms with E-state index in [0.29, 0.717) is 5.92 Å². The fraction of sp³-hybridized carbons (Fsp3) is 0.611. The van der Waals surface area contributed by atoms with Crippen molar-refractivity contribution in [2.45, 2.75) is 53.1 Å². The second-order valence-corrected chi connectivity index (χ2v) is 7.53. The van der Waals surface area contributed by atoms with E-state index < -0.39 is 5.97 Å². The summed E-state index contributed by atoms with van der Waals surface area (Å²) >= 11 is 0. The molecule has 0 saturated heterocycles. The number of carbonyl (C=O) groups is 1. The Kier molecular flexibility index (Phi) is 3.09. The minimum Gasteiger partial charge on any atom is -0.507 e. The van der Waals surface area contributed by atoms with Crippen LogP contribution in [0.2, 0.25) is 0 Å². The van der Waals surface area contributed by atoms with Crippen molar-refractivity contribution < 1.29 is 14.6 Å². The van der Waals surface area contributed by atoms with Crippen LogP contribution in [0.4, 0.5) is 0 Å². The van der Waals surface area contributed by atoms with Crippen LogP contribution in [0.3, 0.4) is 0 Å². The lowest BCUT2D eigenvalue weighted by Gasteiger charge is -2.38. The van der Waals surface area contributed by atoms with Crippen molar-refractivity contribution in [1.29, 1.82) is 0 Å². The predicted octanol–water partition coefficient (Wildman–Crippen LogP) is 4.07. The summed E-state index contributed by atoms with van der Waals surface area (Å²) in [6, 6.07) is 5.03. The number of benzene rings is 1. The van der Waals surface area contributed by atoms with Crippen LogP contribution in [0.1, 0.15) is 56.0 Å². The Morgan fingerprint density at radius 1 is 1.33 bits per heavy atom. The molecule has 1 aromatic rings. The molecule has 0 aliphatic heterocycles. The molecule has 1 N–H and O–H groups in total. The first kappa shape index (κ1) is 14.4. The maximum Gasteiger partial charge on any atom is 0.342 e. The molecule has 3 nitrogen and oxygen atoms in total. The van der Waals surface area contributed by atoms with E-state index in [0.717, 1.165) is 18.4 Å². The number of carbonyl (C=O) groups excluding carboxylic acids is 1. The highest BCUT2D eigenvalue weighted by Gasteiger charge is 2.62. The van der Waals surface area contributed by atoms with Gasteiger partial charge < -0.3 is 9.84 Å². The summed E-state index contributed by atoms with van der Waals surface area (Å²) in [6.45, 7) is 8.73. The summed E-state index contributed by atoms with van der Waals surface area (Å²) in [4.78, 5) is 12.4. The Hall–Kier alpha value is -1.51. The molecule has 0 spiro atoms. The van der Waals surface area contributed by atoms with Gasteiger partial charge in [-0.05, 0) is 49.7 Å². The van der Waals surface area contributed by atoms with Gasteiger partial charge in [-0.3, -0.25) is 0 Å². The second-order valence-electron chi connectivity index (χ2n) is 7.53. The van der Waals surface area contributed by atoms with Crippen LogP contribution in [0.15, 0.2) is 18.2 Å². The average Bonchev–Trinajstić information content (AvgIpc) is 2.74. The number of phenolic OH excluding ortho intramolecular Hbond substituents is 1. The van der Waals surface area contributed by atoms with Gasteiger partial charge in [-0.25, -0.2) is 4.79 Å². The second kappa shape index (κ2) is 4.49. The molecule has 2 saturated carbocycles. The third-order valence-electron chi connectivity index (χ3n) is 6.34. The Morgan fingerprint density at radius 3 is 2.62 bits per heavy atom. The molecule has 2 aliphatic rings. The molecule has 0 heterocycles. The molecule has 0 radical (unpaired) electrons. The van der Waals surface area contributed by atoms with Gasteiger partial charge in [0.15, 0.2) is 0 Å². The van der Waals surface area contributed by atoms with Crippen LogP contribution in [-0.2, 0) is 4.74 Å². The van der Waals surface area contributed by atoms with Gasteiger partial charge in [0.25, 0.3) is 0 Å². The van der Waals surface area contributed by atoms with Gasteiger partial charge in [-0.15, -0.1) is 0 Å². The van der Waals surface area contributed by atoms with Gasteiger partial charge in [-0.2, -0.15) is 0 Å². The minimum absolute atomic E-state index is 0.00169. The molecule has 1 aromatic carbocycles. The largest absolute Gasteiger partial charge is 0.507 e. The summed E-state index contributed by atoms with van der Waals surface area (Å²) in [5.74, 6) is 0.232. The van der Waals surface area contributed by atoms with E-state index in [1.807, 2.05) is 6.92 Å². The van der Waals surface area contributed by atoms with Crippen molar-refractivity contribution in [1.82, 2.24) is 0 Å². The van der Waals surface area contributed by atoms with E-state index in [9.17, 15) is 9.90 Å². The van der Waals surface area contributed by atoms with Gasteiger partial charge in [0.05, 0.1) is 0 Å². The molecule has 3 heteroatoms. The number of aryl methyl sites for hydroxylation is 1. The van der Waals surface area contributed by atoms with Gasteiger partial charge >= 0.3 is 5.97 Å². The number of hydrogen-bond donors (Lipinski definition) is 1. The zero-order chi connectivity index (χ0) is 15.4. The van der Waals surface area contributed by atoms with Crippen molar-refractivity contribution in [3.8, 4) is 5.75 Å². The average molecular weight is 288 g/mol. The summed E-state index contributed by atoms with van der Waals surface area (Å²) in [5, 5.41) is 9.88. The first-order valence-electron chi connectivity index (χ1n) is 7.76. The molecule has 3 atom stereocenters. The number of esters is 1. The number of fused-ring (bicyclic) bond motifs is 2. The zero-order valence-corrected chi connectivity index (χ0v) is 13.3. The lowest BCUT2D eigenvalue weighted by atomic mass is 9.70. The van der Waals surface area contributed by atoms with Crippen LogP contribution in [-0.4, -0.2) is 17.2 Å². The normalized spacial score (nSPS) is 33.1. The fourth-order valence-corrected chi connectivity index (χ4v) is 4.31. The smallest absolute Gasteiger partial charge is 0.342 e. The van der Waals surface area contributed by atoms with E-state index in [4.69, 9.17) is 4.74 Å². The molecule has 0 aromatic heterocycles. The number of aromatic hydroxyl groups is 1. The molecular formula is C18H24O3. The molecule has 2 fully saturated rings. The molecule has 21 heavy (non-hydrogen) atoms. The van der Waals surface area contributed by atoms with E-state index in [2.05, 4.69) is 20.8 Å². The van der Waals surface area contributed by atoms with E-state index in [1.165, 1.54) is 6.42 Å². The highest BCUT2D eigenvalue weighted by atomic mass is 16.5. The van der Waals surface area contributed by atoms with Crippen molar-refractivity contribution in [3.05, 3.63) is 29.3 Å². The monoisotopic (exact) mass is 288 g/mol. The molecule has 2 aliphatic carbocycles. The van der Waals surface area contributed by atoms with E-state index in [-0.39, 0.29) is 28.2 Å². The Balaban J connectivity index is 1.82. The first-order chi connectivity index (χ1) is 9.75. The quantitative estimate of drug-likeness (QED) is 0.834. The molecule has 3 unspecified atom stereocenters. The highest BCUT2D eigenvalue weighted by molar-refractivity contribution is 5.92. The molecule has 114 valence electrons. The number of hydrogen-bond acceptors (Lipinski definition) is 3. The standard InChI is InChI=1S/C18H24O3/c1-11-5-6-14(19)13(9-11)16(20)21-15-10-12-7-8-18(15,4)17(12,2)3/h5-6,9,12,15,19H,7-8,10H2,1-4H3. The van der Waals surface area contributed by atoms with Crippen LogP contribution in [0.5, 0.6) is 5.75 Å². The summed E-state index contributed by atoms with van der Waals surface area (Å²) < 4.78 is 5.81. The van der Waals surface area contributed by atoms with Gasteiger partial charge in [0.1, 0.15) is 17.4 Å². The summed E-state index contributed by atoms with van der Waals surface area (Å²) in [6.07, 6.45) is 3.25. The number of ether oxygens (including phenoxy) is 1. The number of rotatable bonds is 2. The summed E-state index contributed by atoms with van der Waals surface area (Å²) in [5.41, 5.74) is 1.48. The topological polar surface area (TPSA) is 46.5 Å². The van der Waals surface area contributed by atoms with Crippen LogP contribution in [0.25, 0.3) is 0 Å². The van der Waals surface area contributed by atoms with Crippen molar-refractivity contribution in [2.24, 2.45) is 16.7 Å². The lowest BCUT2D eigenvalue weighted by Crippen LogP contribution is -2.38. The lowest BCUT2D eigenvalue weighted by molar-refractivity contribution is -0.0244. The van der Waals surface area contributed by atoms with Gasteiger partial charge in [0, 0.05) is 5.41 Å². The molecule has 3 rings (SSSR count). The van der Waals surface area contributed by atoms with Crippen LogP contribution in [0, 0.1) is 23.7 Å². The third kappa shape index (κ3) is 1.97. The van der Waals surface area contributed by atoms with Crippen LogP contribution >= 0.6 is 0 Å². The Bertz CT molecular complexity index is 590. The highest BCUT2D eigenvalue weighted by Crippen LogP contribution is 2.66. The van der Waals surface area contributed by atoms with Crippen molar-refractivity contribution >= 4 is 5.97 Å². The minimum atomic E-state index is -0.397. The van der Waals surface area contributed by atoms with Crippen molar-refractivity contribution in [3.63, 3.8) is 0 Å². The van der Waals surface area contributed by atoms with Crippen molar-refractivity contribution in [2.75, 3.05) is 0 Å². The zero-order valence-electron chi connectivity index (χ0n) is 13.3. The predicted molar refractivity (Wildman–Crippen MR) is 81.3 cm³/mol.